The highest BCUT2D eigenvalue weighted by molar-refractivity contribution is 7.21. The number of hydrogen-bond acceptors (Lipinski definition) is 6. The lowest BCUT2D eigenvalue weighted by Crippen LogP contribution is -2.09. The van der Waals surface area contributed by atoms with Crippen LogP contribution in [-0.4, -0.2) is 27.7 Å². The fraction of sp³-hybridized carbons (Fsp3) is 0.0952. The molecule has 0 radical (unpaired) electrons. The summed E-state index contributed by atoms with van der Waals surface area (Å²) in [6.07, 6.45) is 0. The molecule has 4 rings (SSSR count). The first-order valence-corrected chi connectivity index (χ1v) is 9.32. The number of para-hydroxylation sites is 2. The fourth-order valence-corrected chi connectivity index (χ4v) is 4.07. The number of aliphatic hydroxyl groups excluding tert-OH is 1. The van der Waals surface area contributed by atoms with Crippen molar-refractivity contribution in [1.82, 2.24) is 9.97 Å². The molecule has 2 aromatic heterocycles. The number of hydrogen-bond donors (Lipinski definition) is 2. The van der Waals surface area contributed by atoms with Gasteiger partial charge in [0.25, 0.3) is 0 Å². The van der Waals surface area contributed by atoms with Gasteiger partial charge in [-0.3, -0.25) is 0 Å². The summed E-state index contributed by atoms with van der Waals surface area (Å²) < 4.78 is 6.24. The van der Waals surface area contributed by atoms with Gasteiger partial charge in [-0.15, -0.1) is 11.3 Å². The summed E-state index contributed by atoms with van der Waals surface area (Å²) in [5.74, 6) is -0.656. The monoisotopic (exact) mass is 389 g/mol. The number of aliphatic hydroxyl groups is 1. The average molecular weight is 389 g/mol. The SMILES string of the molecule is Cc1c(C(=O)OC/C(O)=C(\C#N)c2nc3ccccc3[nH]2)sc2ccccc12. The molecule has 4 aromatic rings. The van der Waals surface area contributed by atoms with E-state index in [-0.39, 0.29) is 17.2 Å². The Hall–Kier alpha value is -3.63. The van der Waals surface area contributed by atoms with Crippen LogP contribution in [0.5, 0.6) is 0 Å². The van der Waals surface area contributed by atoms with Gasteiger partial charge in [-0.25, -0.2) is 9.78 Å². The number of nitrogens with zero attached hydrogens (tertiary/aromatic N) is 2. The van der Waals surface area contributed by atoms with Gasteiger partial charge in [-0.2, -0.15) is 5.26 Å². The molecule has 0 saturated heterocycles. The zero-order valence-corrected chi connectivity index (χ0v) is 15.7. The van der Waals surface area contributed by atoms with Crippen molar-refractivity contribution in [3.63, 3.8) is 0 Å². The number of H-pyrrole nitrogens is 1. The highest BCUT2D eigenvalue weighted by Gasteiger charge is 2.19. The number of allylic oxidation sites excluding steroid dienone is 1. The standard InChI is InChI=1S/C21H15N3O3S/c1-12-13-6-2-5-9-18(13)28-19(12)21(26)27-11-17(25)14(10-22)20-23-15-7-3-4-8-16(15)24-20/h2-9,25H,11H2,1H3,(H,23,24)/b17-14-. The molecule has 0 saturated carbocycles. The third kappa shape index (κ3) is 3.10. The van der Waals surface area contributed by atoms with E-state index in [2.05, 4.69) is 9.97 Å². The number of aryl methyl sites for hydroxylation is 1. The zero-order chi connectivity index (χ0) is 19.7. The smallest absolute Gasteiger partial charge is 0.349 e. The minimum Gasteiger partial charge on any atom is -0.507 e. The number of nitrogens with one attached hydrogen (secondary N) is 1. The van der Waals surface area contributed by atoms with Crippen LogP contribution in [0.25, 0.3) is 26.7 Å². The molecule has 0 aliphatic carbocycles. The number of aromatic amines is 1. The molecular weight excluding hydrogens is 374 g/mol. The Kier molecular flexibility index (Phi) is 4.55. The Morgan fingerprint density at radius 1 is 1.25 bits per heavy atom. The molecule has 6 nitrogen and oxygen atoms in total. The molecule has 0 aliphatic rings. The van der Waals surface area contributed by atoms with Crippen LogP contribution in [0.3, 0.4) is 0 Å². The third-order valence-electron chi connectivity index (χ3n) is 4.40. The van der Waals surface area contributed by atoms with E-state index in [9.17, 15) is 15.2 Å². The number of carbonyl (C=O) groups excluding carboxylic acids is 1. The van der Waals surface area contributed by atoms with Crippen LogP contribution in [0.2, 0.25) is 0 Å². The van der Waals surface area contributed by atoms with Crippen molar-refractivity contribution in [3.8, 4) is 6.07 Å². The predicted molar refractivity (Wildman–Crippen MR) is 108 cm³/mol. The average Bonchev–Trinajstić information content (AvgIpc) is 3.28. The lowest BCUT2D eigenvalue weighted by atomic mass is 10.1. The lowest BCUT2D eigenvalue weighted by Gasteiger charge is -2.05. The van der Waals surface area contributed by atoms with Crippen LogP contribution in [0, 0.1) is 18.3 Å². The maximum absolute atomic E-state index is 12.5. The maximum Gasteiger partial charge on any atom is 0.349 e. The van der Waals surface area contributed by atoms with Crippen LogP contribution >= 0.6 is 11.3 Å². The molecule has 0 unspecified atom stereocenters. The van der Waals surface area contributed by atoms with Crippen molar-refractivity contribution < 1.29 is 14.6 Å². The molecular formula is C21H15N3O3S. The zero-order valence-electron chi connectivity index (χ0n) is 14.9. The second-order valence-corrected chi connectivity index (χ2v) is 7.22. The Morgan fingerprint density at radius 3 is 2.75 bits per heavy atom. The second kappa shape index (κ2) is 7.18. The van der Waals surface area contributed by atoms with Crippen LogP contribution < -0.4 is 0 Å². The van der Waals surface area contributed by atoms with Gasteiger partial charge in [0.1, 0.15) is 23.1 Å². The van der Waals surface area contributed by atoms with Crippen LogP contribution in [0.4, 0.5) is 0 Å². The van der Waals surface area contributed by atoms with Gasteiger partial charge in [0, 0.05) is 4.70 Å². The number of imidazole rings is 1. The summed E-state index contributed by atoms with van der Waals surface area (Å²) in [6.45, 7) is 1.45. The van der Waals surface area contributed by atoms with Crippen molar-refractivity contribution in [1.29, 1.82) is 5.26 Å². The maximum atomic E-state index is 12.5. The summed E-state index contributed by atoms with van der Waals surface area (Å²) in [7, 11) is 0. The second-order valence-electron chi connectivity index (χ2n) is 6.16. The number of ether oxygens (including phenoxy) is 1. The molecule has 0 amide bonds. The molecule has 138 valence electrons. The summed E-state index contributed by atoms with van der Waals surface area (Å²) in [6, 6.07) is 16.9. The van der Waals surface area contributed by atoms with E-state index >= 15 is 0 Å². The van der Waals surface area contributed by atoms with Crippen LogP contribution in [0.1, 0.15) is 21.1 Å². The molecule has 28 heavy (non-hydrogen) atoms. The van der Waals surface area contributed by atoms with E-state index < -0.39 is 12.6 Å². The molecule has 0 bridgehead atoms. The molecule has 7 heteroatoms. The van der Waals surface area contributed by atoms with E-state index in [0.717, 1.165) is 21.2 Å². The van der Waals surface area contributed by atoms with Gasteiger partial charge in [-0.05, 0) is 36.1 Å². The number of fused-ring (bicyclic) bond motifs is 2. The fourth-order valence-electron chi connectivity index (χ4n) is 2.97. The van der Waals surface area contributed by atoms with Crippen molar-refractivity contribution in [3.05, 3.63) is 70.6 Å². The normalized spacial score (nSPS) is 12.0. The highest BCUT2D eigenvalue weighted by Crippen LogP contribution is 2.31. The summed E-state index contributed by atoms with van der Waals surface area (Å²) in [5.41, 5.74) is 2.20. The number of aromatic nitrogens is 2. The van der Waals surface area contributed by atoms with Crippen molar-refractivity contribution in [2.24, 2.45) is 0 Å². The number of thiophene rings is 1. The number of nitriles is 1. The predicted octanol–water partition coefficient (Wildman–Crippen LogP) is 4.74. The van der Waals surface area contributed by atoms with E-state index in [0.29, 0.717) is 10.4 Å². The quantitative estimate of drug-likeness (QED) is 0.298. The number of esters is 1. The molecule has 2 aromatic carbocycles. The van der Waals surface area contributed by atoms with Crippen LogP contribution in [0.15, 0.2) is 54.3 Å². The van der Waals surface area contributed by atoms with E-state index in [1.807, 2.05) is 55.5 Å². The van der Waals surface area contributed by atoms with Crippen molar-refractivity contribution in [2.75, 3.05) is 6.61 Å². The van der Waals surface area contributed by atoms with Crippen LogP contribution in [-0.2, 0) is 4.74 Å². The van der Waals surface area contributed by atoms with Gasteiger partial charge in [0.05, 0.1) is 11.0 Å². The molecule has 2 heterocycles. The van der Waals surface area contributed by atoms with Gasteiger partial charge in [0.2, 0.25) is 0 Å². The number of benzene rings is 2. The summed E-state index contributed by atoms with van der Waals surface area (Å²) in [5, 5.41) is 20.7. The third-order valence-corrected chi connectivity index (χ3v) is 5.65. The highest BCUT2D eigenvalue weighted by atomic mass is 32.1. The summed E-state index contributed by atoms with van der Waals surface area (Å²) >= 11 is 1.34. The topological polar surface area (TPSA) is 99.0 Å². The lowest BCUT2D eigenvalue weighted by molar-refractivity contribution is 0.0508. The molecule has 0 atom stereocenters. The van der Waals surface area contributed by atoms with Gasteiger partial charge in [0.15, 0.2) is 11.6 Å². The largest absolute Gasteiger partial charge is 0.507 e. The van der Waals surface area contributed by atoms with E-state index in [4.69, 9.17) is 4.74 Å². The molecule has 0 aliphatic heterocycles. The van der Waals surface area contributed by atoms with Crippen molar-refractivity contribution >= 4 is 44.0 Å². The number of carbonyl (C=O) groups is 1. The Labute approximate surface area is 164 Å². The van der Waals surface area contributed by atoms with Gasteiger partial charge >= 0.3 is 5.97 Å². The van der Waals surface area contributed by atoms with E-state index in [1.165, 1.54) is 11.3 Å². The van der Waals surface area contributed by atoms with Crippen molar-refractivity contribution in [2.45, 2.75) is 6.92 Å². The minimum absolute atomic E-state index is 0.0583. The number of rotatable bonds is 4. The summed E-state index contributed by atoms with van der Waals surface area (Å²) in [4.78, 5) is 20.2. The van der Waals surface area contributed by atoms with E-state index in [1.54, 1.807) is 6.07 Å². The first-order valence-electron chi connectivity index (χ1n) is 8.51. The Morgan fingerprint density at radius 2 is 2.00 bits per heavy atom. The first kappa shape index (κ1) is 17.8. The minimum atomic E-state index is -0.535. The van der Waals surface area contributed by atoms with Gasteiger partial charge < -0.3 is 14.8 Å². The first-order chi connectivity index (χ1) is 13.6. The molecule has 0 fully saturated rings. The van der Waals surface area contributed by atoms with Gasteiger partial charge in [-0.1, -0.05) is 30.3 Å². The molecule has 0 spiro atoms. The Balaban J connectivity index is 1.57. The Bertz CT molecular complexity index is 1240. The molecule has 2 N–H and O–H groups in total.